The third-order valence-electron chi connectivity index (χ3n) is 5.25. The highest BCUT2D eigenvalue weighted by molar-refractivity contribution is 7.99. The molecule has 0 atom stereocenters. The second-order valence-corrected chi connectivity index (χ2v) is 9.21. The van der Waals surface area contributed by atoms with Gasteiger partial charge in [0.1, 0.15) is 11.3 Å². The Bertz CT molecular complexity index is 1450. The highest BCUT2D eigenvalue weighted by Crippen LogP contribution is 2.31. The molecule has 0 spiro atoms. The minimum Gasteiger partial charge on any atom is -0.462 e. The number of hydrogen-bond acceptors (Lipinski definition) is 8. The Morgan fingerprint density at radius 2 is 1.76 bits per heavy atom. The molecule has 1 amide bonds. The van der Waals surface area contributed by atoms with Gasteiger partial charge in [-0.25, -0.2) is 4.79 Å². The van der Waals surface area contributed by atoms with Crippen LogP contribution in [0.2, 0.25) is 5.02 Å². The van der Waals surface area contributed by atoms with Gasteiger partial charge in [0.05, 0.1) is 17.9 Å². The van der Waals surface area contributed by atoms with Crippen LogP contribution in [0.4, 0.5) is 5.88 Å². The normalized spacial score (nSPS) is 10.8. The first kappa shape index (κ1) is 26.2. The molecule has 0 unspecified atom stereocenters. The number of thioether (sulfide) groups is 1. The van der Waals surface area contributed by atoms with E-state index in [1.165, 1.54) is 6.92 Å². The predicted molar refractivity (Wildman–Crippen MR) is 141 cm³/mol. The molecule has 0 aliphatic rings. The van der Waals surface area contributed by atoms with Crippen LogP contribution < -0.4 is 5.32 Å². The van der Waals surface area contributed by atoms with Crippen LogP contribution in [0.5, 0.6) is 0 Å². The van der Waals surface area contributed by atoms with Crippen molar-refractivity contribution in [1.82, 2.24) is 14.8 Å². The van der Waals surface area contributed by atoms with E-state index in [-0.39, 0.29) is 40.9 Å². The molecule has 190 valence electrons. The quantitative estimate of drug-likeness (QED) is 0.166. The molecule has 0 fully saturated rings. The van der Waals surface area contributed by atoms with Crippen LogP contribution in [0.15, 0.2) is 64.2 Å². The largest absolute Gasteiger partial charge is 0.462 e. The summed E-state index contributed by atoms with van der Waals surface area (Å²) in [4.78, 5) is 37.5. The van der Waals surface area contributed by atoms with Gasteiger partial charge in [-0.05, 0) is 45.0 Å². The SMILES string of the molecule is CCOC(=O)c1c(NC(=O)CSc2nnc(-c3ccccc3)n2-c2ccc(Cl)cc2)oc(C)c1C(C)=O. The van der Waals surface area contributed by atoms with Crippen LogP contribution in [0.25, 0.3) is 17.1 Å². The number of halogens is 1. The van der Waals surface area contributed by atoms with Crippen molar-refractivity contribution < 1.29 is 23.5 Å². The van der Waals surface area contributed by atoms with Crippen LogP contribution in [0.1, 0.15) is 40.3 Å². The van der Waals surface area contributed by atoms with Crippen molar-refractivity contribution in [3.8, 4) is 17.1 Å². The third-order valence-corrected chi connectivity index (χ3v) is 6.43. The van der Waals surface area contributed by atoms with Crippen molar-refractivity contribution in [2.75, 3.05) is 17.7 Å². The molecular weight excluding hydrogens is 516 g/mol. The summed E-state index contributed by atoms with van der Waals surface area (Å²) in [5.41, 5.74) is 1.61. The van der Waals surface area contributed by atoms with Crippen LogP contribution >= 0.6 is 23.4 Å². The molecular formula is C26H23ClN4O5S. The van der Waals surface area contributed by atoms with Gasteiger partial charge >= 0.3 is 5.97 Å². The second-order valence-electron chi connectivity index (χ2n) is 7.83. The van der Waals surface area contributed by atoms with E-state index >= 15 is 0 Å². The van der Waals surface area contributed by atoms with Gasteiger partial charge < -0.3 is 9.15 Å². The number of benzene rings is 2. The number of aryl methyl sites for hydroxylation is 1. The lowest BCUT2D eigenvalue weighted by molar-refractivity contribution is -0.113. The van der Waals surface area contributed by atoms with E-state index in [4.69, 9.17) is 20.8 Å². The first-order valence-corrected chi connectivity index (χ1v) is 12.7. The maximum Gasteiger partial charge on any atom is 0.344 e. The first-order chi connectivity index (χ1) is 17.8. The molecule has 4 rings (SSSR count). The van der Waals surface area contributed by atoms with Crippen molar-refractivity contribution in [3.63, 3.8) is 0 Å². The summed E-state index contributed by atoms with van der Waals surface area (Å²) in [5.74, 6) is -0.970. The minimum absolute atomic E-state index is 0.0715. The Labute approximate surface area is 222 Å². The zero-order valence-electron chi connectivity index (χ0n) is 20.3. The van der Waals surface area contributed by atoms with Crippen molar-refractivity contribution in [3.05, 3.63) is 76.5 Å². The number of ether oxygens (including phenoxy) is 1. The molecule has 2 heterocycles. The van der Waals surface area contributed by atoms with E-state index in [9.17, 15) is 14.4 Å². The molecule has 0 bridgehead atoms. The van der Waals surface area contributed by atoms with Crippen LogP contribution in [0.3, 0.4) is 0 Å². The fraction of sp³-hybridized carbons (Fsp3) is 0.192. The topological polar surface area (TPSA) is 116 Å². The van der Waals surface area contributed by atoms with Crippen molar-refractivity contribution >= 4 is 46.9 Å². The fourth-order valence-electron chi connectivity index (χ4n) is 3.71. The molecule has 0 radical (unpaired) electrons. The maximum absolute atomic E-state index is 12.9. The lowest BCUT2D eigenvalue weighted by atomic mass is 10.1. The van der Waals surface area contributed by atoms with Gasteiger partial charge in [0.15, 0.2) is 16.8 Å². The summed E-state index contributed by atoms with van der Waals surface area (Å²) in [7, 11) is 0. The number of ketones is 1. The maximum atomic E-state index is 12.9. The lowest BCUT2D eigenvalue weighted by Crippen LogP contribution is -2.18. The van der Waals surface area contributed by atoms with Crippen LogP contribution in [-0.4, -0.2) is 44.8 Å². The average Bonchev–Trinajstić information content (AvgIpc) is 3.44. The number of aromatic nitrogens is 3. The summed E-state index contributed by atoms with van der Waals surface area (Å²) in [6, 6.07) is 16.7. The number of carbonyl (C=O) groups excluding carboxylic acids is 3. The molecule has 2 aromatic carbocycles. The zero-order chi connectivity index (χ0) is 26.5. The second kappa shape index (κ2) is 11.4. The zero-order valence-corrected chi connectivity index (χ0v) is 21.9. The lowest BCUT2D eigenvalue weighted by Gasteiger charge is -2.11. The Hall–Kier alpha value is -3.89. The number of rotatable bonds is 9. The van der Waals surface area contributed by atoms with Crippen molar-refractivity contribution in [2.45, 2.75) is 25.9 Å². The number of nitrogens with zero attached hydrogens (tertiary/aromatic N) is 3. The molecule has 0 saturated carbocycles. The Morgan fingerprint density at radius 3 is 2.41 bits per heavy atom. The highest BCUT2D eigenvalue weighted by atomic mass is 35.5. The Morgan fingerprint density at radius 1 is 1.05 bits per heavy atom. The molecule has 2 aromatic heterocycles. The van der Waals surface area contributed by atoms with Crippen LogP contribution in [0, 0.1) is 6.92 Å². The monoisotopic (exact) mass is 538 g/mol. The van der Waals surface area contributed by atoms with Gasteiger partial charge in [-0.2, -0.15) is 0 Å². The number of nitrogens with one attached hydrogen (secondary N) is 1. The van der Waals surface area contributed by atoms with Gasteiger partial charge in [-0.15, -0.1) is 10.2 Å². The van der Waals surface area contributed by atoms with Gasteiger partial charge in [0.2, 0.25) is 11.8 Å². The number of amides is 1. The molecule has 1 N–H and O–H groups in total. The highest BCUT2D eigenvalue weighted by Gasteiger charge is 2.29. The predicted octanol–water partition coefficient (Wildman–Crippen LogP) is 5.60. The van der Waals surface area contributed by atoms with Gasteiger partial charge in [0, 0.05) is 16.3 Å². The Kier molecular flexibility index (Phi) is 8.10. The van der Waals surface area contributed by atoms with E-state index in [1.807, 2.05) is 47.0 Å². The van der Waals surface area contributed by atoms with Crippen molar-refractivity contribution in [2.24, 2.45) is 0 Å². The number of Topliss-reactive ketones (excluding diaryl/α,β-unsaturated/α-hetero) is 1. The summed E-state index contributed by atoms with van der Waals surface area (Å²) in [5, 5.41) is 12.3. The fourth-order valence-corrected chi connectivity index (χ4v) is 4.59. The van der Waals surface area contributed by atoms with E-state index < -0.39 is 11.9 Å². The van der Waals surface area contributed by atoms with Gasteiger partial charge in [0.25, 0.3) is 0 Å². The summed E-state index contributed by atoms with van der Waals surface area (Å²) < 4.78 is 12.4. The number of carbonyl (C=O) groups is 3. The summed E-state index contributed by atoms with van der Waals surface area (Å²) >= 11 is 7.23. The third kappa shape index (κ3) is 5.76. The van der Waals surface area contributed by atoms with E-state index in [0.29, 0.717) is 16.0 Å². The Balaban J connectivity index is 1.60. The molecule has 0 aliphatic carbocycles. The molecule has 11 heteroatoms. The molecule has 9 nitrogen and oxygen atoms in total. The molecule has 0 saturated heterocycles. The summed E-state index contributed by atoms with van der Waals surface area (Å²) in [6.07, 6.45) is 0. The molecule has 37 heavy (non-hydrogen) atoms. The smallest absolute Gasteiger partial charge is 0.344 e. The standard InChI is InChI=1S/C26H23ClN4O5S/c1-4-35-25(34)22-21(15(2)32)16(3)36-24(22)28-20(33)14-37-26-30-29-23(17-8-6-5-7-9-17)31(26)19-12-10-18(27)11-13-19/h5-13H,4,14H2,1-3H3,(H,28,33). The van der Waals surface area contributed by atoms with E-state index in [0.717, 1.165) is 23.0 Å². The minimum atomic E-state index is -0.748. The molecule has 4 aromatic rings. The van der Waals surface area contributed by atoms with E-state index in [1.54, 1.807) is 26.0 Å². The van der Waals surface area contributed by atoms with Crippen molar-refractivity contribution in [1.29, 1.82) is 0 Å². The number of anilines is 1. The first-order valence-electron chi connectivity index (χ1n) is 11.3. The van der Waals surface area contributed by atoms with Gasteiger partial charge in [-0.3, -0.25) is 19.5 Å². The molecule has 0 aliphatic heterocycles. The van der Waals surface area contributed by atoms with E-state index in [2.05, 4.69) is 15.5 Å². The average molecular weight is 539 g/mol. The number of esters is 1. The van der Waals surface area contributed by atoms with Crippen LogP contribution in [-0.2, 0) is 9.53 Å². The number of hydrogen-bond donors (Lipinski definition) is 1. The number of furan rings is 1. The van der Waals surface area contributed by atoms with Gasteiger partial charge in [-0.1, -0.05) is 53.7 Å². The summed E-state index contributed by atoms with van der Waals surface area (Å²) in [6.45, 7) is 4.61.